The molecule has 1 rings (SSSR count). The van der Waals surface area contributed by atoms with Gasteiger partial charge in [-0.3, -0.25) is 4.79 Å². The molecule has 0 spiro atoms. The van der Waals surface area contributed by atoms with Crippen molar-refractivity contribution < 1.29 is 9.53 Å². The Balaban J connectivity index is 3.05. The second-order valence-electron chi connectivity index (χ2n) is 5.16. The third-order valence-electron chi connectivity index (χ3n) is 2.97. The number of carbonyl (C=O) groups excluding carboxylic acids is 1. The Kier molecular flexibility index (Phi) is 6.49. The molecule has 0 saturated heterocycles. The Morgan fingerprint density at radius 1 is 1.45 bits per heavy atom. The maximum absolute atomic E-state index is 11.4. The summed E-state index contributed by atoms with van der Waals surface area (Å²) in [5.74, 6) is 0.310. The van der Waals surface area contributed by atoms with Gasteiger partial charge in [-0.25, -0.2) is 0 Å². The second kappa shape index (κ2) is 7.64. The lowest BCUT2D eigenvalue weighted by Gasteiger charge is -2.20. The molecule has 5 heteroatoms. The zero-order chi connectivity index (χ0) is 15.3. The number of nitrogens with one attached hydrogen (secondary N) is 1. The Labute approximate surface area is 129 Å². The minimum absolute atomic E-state index is 0.375. The molecule has 0 saturated carbocycles. The van der Waals surface area contributed by atoms with Gasteiger partial charge in [0.05, 0.1) is 0 Å². The fourth-order valence-electron chi connectivity index (χ4n) is 1.90. The van der Waals surface area contributed by atoms with Gasteiger partial charge in [-0.15, -0.1) is 0 Å². The highest BCUT2D eigenvalue weighted by Crippen LogP contribution is 2.29. The molecule has 1 amide bonds. The van der Waals surface area contributed by atoms with Gasteiger partial charge in [0.25, 0.3) is 5.91 Å². The van der Waals surface area contributed by atoms with Crippen LogP contribution >= 0.6 is 15.9 Å². The van der Waals surface area contributed by atoms with E-state index in [0.29, 0.717) is 19.0 Å². The summed E-state index contributed by atoms with van der Waals surface area (Å²) in [7, 11) is 0. The molecule has 1 aromatic rings. The number of ether oxygens (including phenoxy) is 1. The first kappa shape index (κ1) is 17.0. The van der Waals surface area contributed by atoms with Crippen molar-refractivity contribution in [3.8, 4) is 5.75 Å². The number of benzene rings is 1. The maximum Gasteiger partial charge on any atom is 0.258 e. The molecule has 1 atom stereocenters. The van der Waals surface area contributed by atoms with Crippen LogP contribution in [0.1, 0.15) is 38.3 Å². The number of halogens is 1. The SMILES string of the molecule is CCC(Oc1c(C)cc(Br)cc1CNC(C)C)C(N)=O. The number of carbonyl (C=O) groups is 1. The van der Waals surface area contributed by atoms with E-state index >= 15 is 0 Å². The van der Waals surface area contributed by atoms with Gasteiger partial charge >= 0.3 is 0 Å². The summed E-state index contributed by atoms with van der Waals surface area (Å²) in [5, 5.41) is 3.36. The van der Waals surface area contributed by atoms with Crippen molar-refractivity contribution in [3.05, 3.63) is 27.7 Å². The van der Waals surface area contributed by atoms with Crippen LogP contribution in [-0.2, 0) is 11.3 Å². The summed E-state index contributed by atoms with van der Waals surface area (Å²) in [5.41, 5.74) is 7.36. The summed E-state index contributed by atoms with van der Waals surface area (Å²) in [6, 6.07) is 4.35. The Hall–Kier alpha value is -1.07. The average molecular weight is 343 g/mol. The third kappa shape index (κ3) is 4.80. The van der Waals surface area contributed by atoms with E-state index in [-0.39, 0.29) is 0 Å². The van der Waals surface area contributed by atoms with Crippen LogP contribution in [0.3, 0.4) is 0 Å². The first-order valence-corrected chi connectivity index (χ1v) is 7.62. The van der Waals surface area contributed by atoms with Gasteiger partial charge in [-0.2, -0.15) is 0 Å². The monoisotopic (exact) mass is 342 g/mol. The Bertz CT molecular complexity index is 475. The maximum atomic E-state index is 11.4. The smallest absolute Gasteiger partial charge is 0.258 e. The zero-order valence-corrected chi connectivity index (χ0v) is 14.1. The van der Waals surface area contributed by atoms with Gasteiger partial charge in [0, 0.05) is 22.6 Å². The van der Waals surface area contributed by atoms with Crippen LogP contribution in [-0.4, -0.2) is 18.1 Å². The quantitative estimate of drug-likeness (QED) is 0.800. The van der Waals surface area contributed by atoms with Gasteiger partial charge in [0.2, 0.25) is 0 Å². The molecule has 0 aromatic heterocycles. The second-order valence-corrected chi connectivity index (χ2v) is 6.08. The summed E-state index contributed by atoms with van der Waals surface area (Å²) in [6.07, 6.45) is -0.0327. The summed E-state index contributed by atoms with van der Waals surface area (Å²) in [6.45, 7) is 8.71. The number of rotatable bonds is 7. The van der Waals surface area contributed by atoms with Crippen molar-refractivity contribution in [2.45, 2.75) is 52.8 Å². The molecule has 1 aromatic carbocycles. The average Bonchev–Trinajstić information content (AvgIpc) is 2.34. The molecule has 0 radical (unpaired) electrons. The highest BCUT2D eigenvalue weighted by atomic mass is 79.9. The van der Waals surface area contributed by atoms with Gasteiger partial charge in [0.15, 0.2) is 6.10 Å². The van der Waals surface area contributed by atoms with Crippen molar-refractivity contribution in [3.63, 3.8) is 0 Å². The number of nitrogens with two attached hydrogens (primary N) is 1. The van der Waals surface area contributed by atoms with E-state index in [1.165, 1.54) is 0 Å². The van der Waals surface area contributed by atoms with E-state index in [1.807, 2.05) is 26.0 Å². The Morgan fingerprint density at radius 2 is 2.10 bits per heavy atom. The number of hydrogen-bond donors (Lipinski definition) is 2. The van der Waals surface area contributed by atoms with Crippen LogP contribution in [0.5, 0.6) is 5.75 Å². The molecule has 0 fully saturated rings. The third-order valence-corrected chi connectivity index (χ3v) is 3.42. The molecule has 112 valence electrons. The standard InChI is InChI=1S/C15H23BrN2O2/c1-5-13(15(17)19)20-14-10(4)6-12(16)7-11(14)8-18-9(2)3/h6-7,9,13,18H,5,8H2,1-4H3,(H2,17,19). The number of amides is 1. The van der Waals surface area contributed by atoms with E-state index in [4.69, 9.17) is 10.5 Å². The fraction of sp³-hybridized carbons (Fsp3) is 0.533. The van der Waals surface area contributed by atoms with Crippen molar-refractivity contribution in [2.75, 3.05) is 0 Å². The molecule has 0 aliphatic carbocycles. The summed E-state index contributed by atoms with van der Waals surface area (Å²) >= 11 is 3.49. The fourth-order valence-corrected chi connectivity index (χ4v) is 2.52. The molecule has 0 bridgehead atoms. The highest BCUT2D eigenvalue weighted by molar-refractivity contribution is 9.10. The molecule has 0 aliphatic rings. The van der Waals surface area contributed by atoms with Gasteiger partial charge in [-0.05, 0) is 31.0 Å². The zero-order valence-electron chi connectivity index (χ0n) is 12.5. The molecule has 20 heavy (non-hydrogen) atoms. The lowest BCUT2D eigenvalue weighted by atomic mass is 10.1. The summed E-state index contributed by atoms with van der Waals surface area (Å²) in [4.78, 5) is 11.4. The molecule has 1 unspecified atom stereocenters. The minimum Gasteiger partial charge on any atom is -0.480 e. The van der Waals surface area contributed by atoms with E-state index in [9.17, 15) is 4.79 Å². The first-order valence-electron chi connectivity index (χ1n) is 6.83. The van der Waals surface area contributed by atoms with Gasteiger partial charge in [0.1, 0.15) is 5.75 Å². The van der Waals surface area contributed by atoms with E-state index in [1.54, 1.807) is 0 Å². The molecule has 3 N–H and O–H groups in total. The minimum atomic E-state index is -0.590. The Morgan fingerprint density at radius 3 is 2.60 bits per heavy atom. The van der Waals surface area contributed by atoms with Crippen LogP contribution in [0.15, 0.2) is 16.6 Å². The predicted octanol–water partition coefficient (Wildman–Crippen LogP) is 2.90. The van der Waals surface area contributed by atoms with Crippen molar-refractivity contribution in [1.82, 2.24) is 5.32 Å². The van der Waals surface area contributed by atoms with Crippen LogP contribution < -0.4 is 15.8 Å². The van der Waals surface area contributed by atoms with Crippen molar-refractivity contribution in [2.24, 2.45) is 5.73 Å². The molecular weight excluding hydrogens is 320 g/mol. The van der Waals surface area contributed by atoms with E-state index < -0.39 is 12.0 Å². The summed E-state index contributed by atoms with van der Waals surface area (Å²) < 4.78 is 6.83. The van der Waals surface area contributed by atoms with Crippen LogP contribution in [0.2, 0.25) is 0 Å². The van der Waals surface area contributed by atoms with Crippen LogP contribution in [0.4, 0.5) is 0 Å². The lowest BCUT2D eigenvalue weighted by Crippen LogP contribution is -2.33. The molecule has 0 heterocycles. The largest absolute Gasteiger partial charge is 0.480 e. The number of aryl methyl sites for hydroxylation is 1. The molecular formula is C15H23BrN2O2. The van der Waals surface area contributed by atoms with Crippen LogP contribution in [0.25, 0.3) is 0 Å². The lowest BCUT2D eigenvalue weighted by molar-refractivity contribution is -0.124. The van der Waals surface area contributed by atoms with Gasteiger partial charge < -0.3 is 15.8 Å². The topological polar surface area (TPSA) is 64.3 Å². The first-order chi connectivity index (χ1) is 9.35. The number of primary amides is 1. The van der Waals surface area contributed by atoms with E-state index in [2.05, 4.69) is 35.1 Å². The van der Waals surface area contributed by atoms with Crippen molar-refractivity contribution >= 4 is 21.8 Å². The van der Waals surface area contributed by atoms with Crippen molar-refractivity contribution in [1.29, 1.82) is 0 Å². The number of hydrogen-bond acceptors (Lipinski definition) is 3. The van der Waals surface area contributed by atoms with Gasteiger partial charge in [-0.1, -0.05) is 36.7 Å². The normalized spacial score (nSPS) is 12.5. The molecule has 4 nitrogen and oxygen atoms in total. The highest BCUT2D eigenvalue weighted by Gasteiger charge is 2.18. The van der Waals surface area contributed by atoms with E-state index in [0.717, 1.165) is 21.3 Å². The van der Waals surface area contributed by atoms with Crippen LogP contribution in [0, 0.1) is 6.92 Å². The molecule has 0 aliphatic heterocycles. The predicted molar refractivity (Wildman–Crippen MR) is 84.8 cm³/mol.